The van der Waals surface area contributed by atoms with Gasteiger partial charge in [0.2, 0.25) is 0 Å². The van der Waals surface area contributed by atoms with Gasteiger partial charge in [-0.1, -0.05) is 108 Å². The van der Waals surface area contributed by atoms with Crippen molar-refractivity contribution < 1.29 is 0 Å². The second kappa shape index (κ2) is 11.4. The molecule has 0 atom stereocenters. The molecule has 0 spiro atoms. The molecule has 6 aromatic rings. The van der Waals surface area contributed by atoms with Crippen molar-refractivity contribution in [3.63, 3.8) is 0 Å². The Morgan fingerprint density at radius 2 is 0.733 bits per heavy atom. The molecule has 0 fully saturated rings. The van der Waals surface area contributed by atoms with E-state index in [0.717, 1.165) is 0 Å². The predicted octanol–water partition coefficient (Wildman–Crippen LogP) is 12.7. The molecule has 0 saturated carbocycles. The van der Waals surface area contributed by atoms with E-state index in [1.807, 2.05) is 0 Å². The summed E-state index contributed by atoms with van der Waals surface area (Å²) in [5.74, 6) is 0. The summed E-state index contributed by atoms with van der Waals surface area (Å²) in [7, 11) is -1.90. The quantitative estimate of drug-likeness (QED) is 0.188. The summed E-state index contributed by atoms with van der Waals surface area (Å²) in [5.41, 5.74) is 15.7. The standard InChI is InChI=1S/C44H40S/c1-29-23-31(3)43(32(4)24-29)37-21-19-35-17-18-36-20-22-38(44-33(5)25-30(2)26-34(44)6)28-42(36)45(41(35)27-37,39-13-9-7-10-14-39)40-15-11-8-12-16-40/h7-28H,1-6H3. The van der Waals surface area contributed by atoms with Crippen LogP contribution in [0.4, 0.5) is 0 Å². The van der Waals surface area contributed by atoms with Gasteiger partial charge >= 0.3 is 0 Å². The monoisotopic (exact) mass is 600 g/mol. The Labute approximate surface area is 270 Å². The fourth-order valence-electron chi connectivity index (χ4n) is 7.65. The molecule has 0 nitrogen and oxygen atoms in total. The molecular weight excluding hydrogens is 561 g/mol. The van der Waals surface area contributed by atoms with E-state index in [0.29, 0.717) is 0 Å². The molecule has 0 bridgehead atoms. The third kappa shape index (κ3) is 4.87. The summed E-state index contributed by atoms with van der Waals surface area (Å²) in [6, 6.07) is 46.2. The highest BCUT2D eigenvalue weighted by Crippen LogP contribution is 2.76. The lowest BCUT2D eigenvalue weighted by Crippen LogP contribution is -2.08. The maximum Gasteiger partial charge on any atom is 0.0102 e. The van der Waals surface area contributed by atoms with Gasteiger partial charge in [-0.15, -0.1) is 10.0 Å². The number of hydrogen-bond donors (Lipinski definition) is 0. The van der Waals surface area contributed by atoms with Crippen LogP contribution in [0.15, 0.2) is 141 Å². The van der Waals surface area contributed by atoms with E-state index >= 15 is 0 Å². The number of rotatable bonds is 4. The fourth-order valence-corrected chi connectivity index (χ4v) is 11.9. The van der Waals surface area contributed by atoms with Crippen LogP contribution >= 0.6 is 10.0 Å². The van der Waals surface area contributed by atoms with Gasteiger partial charge in [-0.3, -0.25) is 0 Å². The number of benzene rings is 6. The van der Waals surface area contributed by atoms with Crippen LogP contribution in [0.1, 0.15) is 44.5 Å². The first-order chi connectivity index (χ1) is 21.8. The van der Waals surface area contributed by atoms with Crippen molar-refractivity contribution in [2.45, 2.75) is 61.1 Å². The number of aryl methyl sites for hydroxylation is 6. The zero-order chi connectivity index (χ0) is 31.3. The molecule has 0 radical (unpaired) electrons. The van der Waals surface area contributed by atoms with Crippen LogP contribution in [0.25, 0.3) is 34.4 Å². The normalized spacial score (nSPS) is 13.9. The van der Waals surface area contributed by atoms with Crippen LogP contribution in [0, 0.1) is 41.5 Å². The van der Waals surface area contributed by atoms with Gasteiger partial charge in [0.15, 0.2) is 0 Å². The van der Waals surface area contributed by atoms with Crippen molar-refractivity contribution in [2.75, 3.05) is 0 Å². The number of fused-ring (bicyclic) bond motifs is 2. The Bertz CT molecular complexity index is 1900. The highest BCUT2D eigenvalue weighted by Gasteiger charge is 2.38. The summed E-state index contributed by atoms with van der Waals surface area (Å²) in [5, 5.41) is 0. The smallest absolute Gasteiger partial charge is 0.0102 e. The zero-order valence-electron chi connectivity index (χ0n) is 27.1. The maximum absolute atomic E-state index is 2.52. The van der Waals surface area contributed by atoms with Gasteiger partial charge < -0.3 is 0 Å². The highest BCUT2D eigenvalue weighted by molar-refractivity contribution is 8.34. The van der Waals surface area contributed by atoms with Crippen molar-refractivity contribution in [3.8, 4) is 22.3 Å². The summed E-state index contributed by atoms with van der Waals surface area (Å²) < 4.78 is 0. The molecule has 1 aliphatic heterocycles. The van der Waals surface area contributed by atoms with Crippen molar-refractivity contribution in [1.29, 1.82) is 0 Å². The van der Waals surface area contributed by atoms with Gasteiger partial charge in [-0.2, -0.15) is 0 Å². The Balaban J connectivity index is 1.62. The van der Waals surface area contributed by atoms with Crippen molar-refractivity contribution in [1.82, 2.24) is 0 Å². The van der Waals surface area contributed by atoms with Crippen LogP contribution in [-0.2, 0) is 0 Å². The average Bonchev–Trinajstić information content (AvgIpc) is 3.16. The molecule has 1 aliphatic rings. The average molecular weight is 601 g/mol. The second-order valence-corrected chi connectivity index (χ2v) is 15.7. The molecular formula is C44H40S. The van der Waals surface area contributed by atoms with Gasteiger partial charge in [0, 0.05) is 19.6 Å². The Morgan fingerprint density at radius 3 is 1.09 bits per heavy atom. The molecule has 0 amide bonds. The lowest BCUT2D eigenvalue weighted by atomic mass is 9.93. The first-order valence-corrected chi connectivity index (χ1v) is 17.5. The molecule has 1 heteroatoms. The lowest BCUT2D eigenvalue weighted by Gasteiger charge is -2.43. The third-order valence-corrected chi connectivity index (χ3v) is 13.2. The van der Waals surface area contributed by atoms with Crippen LogP contribution in [0.2, 0.25) is 0 Å². The van der Waals surface area contributed by atoms with Crippen molar-refractivity contribution >= 4 is 22.2 Å². The SMILES string of the molecule is Cc1cc(C)c(-c2ccc3c(c2)S(c2ccccc2)(c2ccccc2)c2cc(-c4c(C)cc(C)cc4C)ccc2C=C3)c(C)c1. The molecule has 1 heterocycles. The molecule has 45 heavy (non-hydrogen) atoms. The van der Waals surface area contributed by atoms with E-state index in [2.05, 4.69) is 175 Å². The van der Waals surface area contributed by atoms with Crippen molar-refractivity contribution in [2.24, 2.45) is 0 Å². The van der Waals surface area contributed by atoms with E-state index in [1.165, 1.54) is 86.3 Å². The third-order valence-electron chi connectivity index (χ3n) is 9.25. The Hall–Kier alpha value is -4.59. The molecule has 6 aromatic carbocycles. The topological polar surface area (TPSA) is 0 Å². The van der Waals surface area contributed by atoms with E-state index in [1.54, 1.807) is 0 Å². The molecule has 7 rings (SSSR count). The molecule has 0 N–H and O–H groups in total. The first kappa shape index (κ1) is 29.1. The van der Waals surface area contributed by atoms with E-state index in [4.69, 9.17) is 0 Å². The van der Waals surface area contributed by atoms with Crippen LogP contribution in [0.3, 0.4) is 0 Å². The molecule has 0 unspecified atom stereocenters. The minimum absolute atomic E-state index is 1.28. The summed E-state index contributed by atoms with van der Waals surface area (Å²) >= 11 is 0. The molecule has 0 aliphatic carbocycles. The van der Waals surface area contributed by atoms with E-state index in [-0.39, 0.29) is 0 Å². The lowest BCUT2D eigenvalue weighted by molar-refractivity contribution is 1.23. The minimum atomic E-state index is -1.90. The second-order valence-electron chi connectivity index (χ2n) is 12.6. The zero-order valence-corrected chi connectivity index (χ0v) is 27.9. The fraction of sp³-hybridized carbons (Fsp3) is 0.136. The number of hydrogen-bond acceptors (Lipinski definition) is 0. The van der Waals surface area contributed by atoms with Gasteiger partial charge in [-0.25, -0.2) is 0 Å². The summed E-state index contributed by atoms with van der Waals surface area (Å²) in [4.78, 5) is 5.49. The molecule has 0 aromatic heterocycles. The minimum Gasteiger partial charge on any atom is -0.132 e. The Kier molecular flexibility index (Phi) is 7.38. The summed E-state index contributed by atoms with van der Waals surface area (Å²) in [6.45, 7) is 13.4. The first-order valence-electron chi connectivity index (χ1n) is 15.8. The Morgan fingerprint density at radius 1 is 0.378 bits per heavy atom. The van der Waals surface area contributed by atoms with Crippen LogP contribution < -0.4 is 0 Å². The largest absolute Gasteiger partial charge is 0.132 e. The van der Waals surface area contributed by atoms with Gasteiger partial charge in [0.05, 0.1) is 0 Å². The summed E-state index contributed by atoms with van der Waals surface area (Å²) in [6.07, 6.45) is 4.69. The van der Waals surface area contributed by atoms with Gasteiger partial charge in [0.1, 0.15) is 0 Å². The highest BCUT2D eigenvalue weighted by atomic mass is 32.3. The van der Waals surface area contributed by atoms with Gasteiger partial charge in [-0.05, 0) is 134 Å². The predicted molar refractivity (Wildman–Crippen MR) is 195 cm³/mol. The van der Waals surface area contributed by atoms with E-state index in [9.17, 15) is 0 Å². The maximum atomic E-state index is 2.52. The van der Waals surface area contributed by atoms with Crippen molar-refractivity contribution in [3.05, 3.63) is 166 Å². The van der Waals surface area contributed by atoms with Crippen LogP contribution in [0.5, 0.6) is 0 Å². The molecule has 222 valence electrons. The van der Waals surface area contributed by atoms with Gasteiger partial charge in [0.25, 0.3) is 0 Å². The molecule has 0 saturated heterocycles. The van der Waals surface area contributed by atoms with Crippen LogP contribution in [-0.4, -0.2) is 0 Å². The van der Waals surface area contributed by atoms with E-state index < -0.39 is 10.0 Å².